The van der Waals surface area contributed by atoms with Crippen molar-refractivity contribution in [3.8, 4) is 0 Å². The van der Waals surface area contributed by atoms with E-state index in [1.165, 1.54) is 0 Å². The van der Waals surface area contributed by atoms with E-state index in [0.29, 0.717) is 39.0 Å². The first-order valence-electron chi connectivity index (χ1n) is 9.45. The Labute approximate surface area is 166 Å². The van der Waals surface area contributed by atoms with E-state index in [-0.39, 0.29) is 17.5 Å². The lowest BCUT2D eigenvalue weighted by Gasteiger charge is -2.27. The second-order valence-electron chi connectivity index (χ2n) is 6.08. The lowest BCUT2D eigenvalue weighted by Crippen LogP contribution is -2.36. The molecule has 11 heteroatoms. The van der Waals surface area contributed by atoms with Crippen LogP contribution < -0.4 is 21.9 Å². The predicted molar refractivity (Wildman–Crippen MR) is 114 cm³/mol. The highest BCUT2D eigenvalue weighted by Gasteiger charge is 2.24. The van der Waals surface area contributed by atoms with Gasteiger partial charge in [0, 0.05) is 19.6 Å². The molecule has 0 fully saturated rings. The minimum absolute atomic E-state index is 0.0131. The van der Waals surface area contributed by atoms with Crippen molar-refractivity contribution in [1.29, 1.82) is 0 Å². The summed E-state index contributed by atoms with van der Waals surface area (Å²) in [7, 11) is -3.10. The molecule has 0 aliphatic heterocycles. The SMILES string of the molecule is C=CN(CCN(CCC)CCP(=O)(OCC)OCC)c1nc(N)[nH]c(=O)c1N. The van der Waals surface area contributed by atoms with Gasteiger partial charge in [-0.25, -0.2) is 0 Å². The van der Waals surface area contributed by atoms with Crippen LogP contribution in [0, 0.1) is 0 Å². The molecule has 0 saturated heterocycles. The quantitative estimate of drug-likeness (QED) is 0.388. The number of hydrogen-bond donors (Lipinski definition) is 3. The first-order valence-corrected chi connectivity index (χ1v) is 11.2. The first-order chi connectivity index (χ1) is 13.3. The van der Waals surface area contributed by atoms with Gasteiger partial charge < -0.3 is 30.3 Å². The summed E-state index contributed by atoms with van der Waals surface area (Å²) in [6.45, 7) is 12.6. The Balaban J connectivity index is 2.82. The van der Waals surface area contributed by atoms with E-state index < -0.39 is 13.2 Å². The summed E-state index contributed by atoms with van der Waals surface area (Å²) in [6.07, 6.45) is 2.79. The summed E-state index contributed by atoms with van der Waals surface area (Å²) in [5.74, 6) is 0.253. The van der Waals surface area contributed by atoms with Crippen molar-refractivity contribution in [2.75, 3.05) is 61.9 Å². The molecule has 28 heavy (non-hydrogen) atoms. The molecule has 0 aromatic carbocycles. The van der Waals surface area contributed by atoms with Crippen LogP contribution in [0.5, 0.6) is 0 Å². The number of anilines is 3. The van der Waals surface area contributed by atoms with Crippen molar-refractivity contribution < 1.29 is 13.6 Å². The van der Waals surface area contributed by atoms with Crippen molar-refractivity contribution in [3.05, 3.63) is 23.1 Å². The zero-order valence-electron chi connectivity index (χ0n) is 17.0. The van der Waals surface area contributed by atoms with Gasteiger partial charge in [0.2, 0.25) is 5.95 Å². The molecule has 10 nitrogen and oxygen atoms in total. The number of nitrogens with two attached hydrogens (primary N) is 2. The normalized spacial score (nSPS) is 11.7. The average molecular weight is 416 g/mol. The van der Waals surface area contributed by atoms with Gasteiger partial charge in [-0.15, -0.1) is 0 Å². The summed E-state index contributed by atoms with van der Waals surface area (Å²) in [5, 5.41) is 0. The molecule has 0 atom stereocenters. The molecule has 1 aromatic heterocycles. The molecule has 0 bridgehead atoms. The number of rotatable bonds is 14. The fraction of sp³-hybridized carbons (Fsp3) is 0.647. The Kier molecular flexibility index (Phi) is 10.2. The van der Waals surface area contributed by atoms with Gasteiger partial charge in [0.1, 0.15) is 5.69 Å². The van der Waals surface area contributed by atoms with Gasteiger partial charge in [0.05, 0.1) is 19.4 Å². The Hall–Kier alpha value is -1.87. The number of nitrogens with zero attached hydrogens (tertiary/aromatic N) is 3. The third kappa shape index (κ3) is 7.27. The smallest absolute Gasteiger partial charge is 0.331 e. The molecule has 5 N–H and O–H groups in total. The second kappa shape index (κ2) is 11.9. The molecule has 1 heterocycles. The molecular weight excluding hydrogens is 383 g/mol. The molecule has 1 aromatic rings. The minimum atomic E-state index is -3.10. The van der Waals surface area contributed by atoms with Gasteiger partial charge in [-0.1, -0.05) is 13.5 Å². The molecule has 0 amide bonds. The largest absolute Gasteiger partial charge is 0.391 e. The van der Waals surface area contributed by atoms with Crippen LogP contribution in [0.1, 0.15) is 27.2 Å². The predicted octanol–water partition coefficient (Wildman–Crippen LogP) is 1.86. The van der Waals surface area contributed by atoms with Gasteiger partial charge in [-0.05, 0) is 33.0 Å². The van der Waals surface area contributed by atoms with E-state index in [2.05, 4.69) is 28.4 Å². The zero-order chi connectivity index (χ0) is 21.2. The monoisotopic (exact) mass is 416 g/mol. The first kappa shape index (κ1) is 24.2. The Morgan fingerprint density at radius 3 is 2.32 bits per heavy atom. The Morgan fingerprint density at radius 1 is 1.14 bits per heavy atom. The van der Waals surface area contributed by atoms with E-state index in [1.807, 2.05) is 0 Å². The van der Waals surface area contributed by atoms with Crippen LogP contribution in [0.25, 0.3) is 0 Å². The van der Waals surface area contributed by atoms with Crippen LogP contribution in [0.15, 0.2) is 17.6 Å². The molecule has 0 aliphatic rings. The molecule has 0 unspecified atom stereocenters. The number of hydrogen-bond acceptors (Lipinski definition) is 9. The summed E-state index contributed by atoms with van der Waals surface area (Å²) in [6, 6.07) is 0. The highest BCUT2D eigenvalue weighted by molar-refractivity contribution is 7.53. The molecule has 1 rings (SSSR count). The van der Waals surface area contributed by atoms with E-state index in [1.54, 1.807) is 24.9 Å². The van der Waals surface area contributed by atoms with Gasteiger partial charge >= 0.3 is 7.60 Å². The number of aromatic amines is 1. The summed E-state index contributed by atoms with van der Waals surface area (Å²) in [5.41, 5.74) is 11.0. The fourth-order valence-corrected chi connectivity index (χ4v) is 4.36. The summed E-state index contributed by atoms with van der Waals surface area (Å²) in [4.78, 5) is 22.1. The molecule has 0 radical (unpaired) electrons. The van der Waals surface area contributed by atoms with Crippen molar-refractivity contribution >= 4 is 25.0 Å². The number of nitrogens with one attached hydrogen (secondary N) is 1. The number of nitrogen functional groups attached to an aromatic ring is 2. The fourth-order valence-electron chi connectivity index (χ4n) is 2.71. The Morgan fingerprint density at radius 2 is 1.79 bits per heavy atom. The van der Waals surface area contributed by atoms with Crippen molar-refractivity contribution in [2.45, 2.75) is 27.2 Å². The van der Waals surface area contributed by atoms with E-state index >= 15 is 0 Å². The standard InChI is InChI=1S/C17H33N6O4P/c1-5-9-22(12-13-28(25,26-7-3)27-8-4)10-11-23(6-2)15-14(18)16(24)21-17(19)20-15/h6H,2,5,7-13,18H2,1,3-4H3,(H3,19,20,21,24). The maximum absolute atomic E-state index is 12.7. The number of H-pyrrole nitrogens is 1. The minimum Gasteiger partial charge on any atom is -0.391 e. The van der Waals surface area contributed by atoms with E-state index in [9.17, 15) is 9.36 Å². The lowest BCUT2D eigenvalue weighted by molar-refractivity contribution is 0.212. The molecule has 0 spiro atoms. The Bertz CT molecular complexity index is 716. The van der Waals surface area contributed by atoms with Crippen molar-refractivity contribution in [1.82, 2.24) is 14.9 Å². The highest BCUT2D eigenvalue weighted by atomic mass is 31.2. The van der Waals surface area contributed by atoms with Crippen LogP contribution in [0.2, 0.25) is 0 Å². The van der Waals surface area contributed by atoms with Crippen molar-refractivity contribution in [2.24, 2.45) is 0 Å². The van der Waals surface area contributed by atoms with Gasteiger partial charge in [-0.3, -0.25) is 14.3 Å². The summed E-state index contributed by atoms with van der Waals surface area (Å²) < 4.78 is 23.4. The van der Waals surface area contributed by atoms with Crippen LogP contribution in [0.3, 0.4) is 0 Å². The molecule has 160 valence electrons. The lowest BCUT2D eigenvalue weighted by atomic mass is 10.3. The third-order valence-corrected chi connectivity index (χ3v) is 6.04. The number of aromatic nitrogens is 2. The van der Waals surface area contributed by atoms with Crippen LogP contribution in [-0.2, 0) is 13.6 Å². The molecule has 0 aliphatic carbocycles. The highest BCUT2D eigenvalue weighted by Crippen LogP contribution is 2.47. The second-order valence-corrected chi connectivity index (χ2v) is 8.26. The maximum Gasteiger partial charge on any atom is 0.331 e. The van der Waals surface area contributed by atoms with Crippen molar-refractivity contribution in [3.63, 3.8) is 0 Å². The zero-order valence-corrected chi connectivity index (χ0v) is 17.9. The summed E-state index contributed by atoms with van der Waals surface area (Å²) >= 11 is 0. The van der Waals surface area contributed by atoms with Gasteiger partial charge in [-0.2, -0.15) is 4.98 Å². The van der Waals surface area contributed by atoms with Gasteiger partial charge in [0.25, 0.3) is 5.56 Å². The molecular formula is C17H33N6O4P. The van der Waals surface area contributed by atoms with Gasteiger partial charge in [0.15, 0.2) is 5.82 Å². The van der Waals surface area contributed by atoms with Crippen LogP contribution >= 0.6 is 7.60 Å². The average Bonchev–Trinajstić information content (AvgIpc) is 2.64. The maximum atomic E-state index is 12.7. The van der Waals surface area contributed by atoms with E-state index in [0.717, 1.165) is 13.0 Å². The van der Waals surface area contributed by atoms with Crippen LogP contribution in [-0.4, -0.2) is 60.4 Å². The third-order valence-electron chi connectivity index (χ3n) is 3.98. The van der Waals surface area contributed by atoms with E-state index in [4.69, 9.17) is 20.5 Å². The van der Waals surface area contributed by atoms with Crippen LogP contribution in [0.4, 0.5) is 17.5 Å². The topological polar surface area (TPSA) is 140 Å². The molecule has 0 saturated carbocycles.